The highest BCUT2D eigenvalue weighted by Gasteiger charge is 2.15. The van der Waals surface area contributed by atoms with Gasteiger partial charge in [0.05, 0.1) is 6.54 Å². The van der Waals surface area contributed by atoms with E-state index in [0.717, 1.165) is 17.4 Å². The number of nitrogens with zero attached hydrogens (tertiary/aromatic N) is 2. The Morgan fingerprint density at radius 1 is 1.24 bits per heavy atom. The summed E-state index contributed by atoms with van der Waals surface area (Å²) in [5, 5.41) is 11.2. The van der Waals surface area contributed by atoms with Gasteiger partial charge in [-0.25, -0.2) is 4.79 Å². The van der Waals surface area contributed by atoms with Crippen LogP contribution in [0.2, 0.25) is 0 Å². The second-order valence-corrected chi connectivity index (χ2v) is 5.13. The molecule has 5 nitrogen and oxygen atoms in total. The van der Waals surface area contributed by atoms with E-state index in [2.05, 4.69) is 0 Å². The van der Waals surface area contributed by atoms with Crippen LogP contribution in [0.25, 0.3) is 11.0 Å². The van der Waals surface area contributed by atoms with Crippen molar-refractivity contribution in [2.45, 2.75) is 32.5 Å². The lowest BCUT2D eigenvalue weighted by atomic mass is 10.2. The van der Waals surface area contributed by atoms with Crippen molar-refractivity contribution < 1.29 is 9.52 Å². The highest BCUT2D eigenvalue weighted by molar-refractivity contribution is 5.77. The predicted molar refractivity (Wildman–Crippen MR) is 80.2 cm³/mol. The Morgan fingerprint density at radius 3 is 2.76 bits per heavy atom. The Labute approximate surface area is 122 Å². The van der Waals surface area contributed by atoms with Crippen LogP contribution < -0.4 is 5.69 Å². The summed E-state index contributed by atoms with van der Waals surface area (Å²) in [6, 6.07) is 9.41. The van der Waals surface area contributed by atoms with E-state index in [1.807, 2.05) is 37.3 Å². The van der Waals surface area contributed by atoms with Crippen molar-refractivity contribution in [3.63, 3.8) is 0 Å². The average Bonchev–Trinajstić information content (AvgIpc) is 3.06. The first-order chi connectivity index (χ1) is 10.2. The fourth-order valence-electron chi connectivity index (χ4n) is 2.45. The van der Waals surface area contributed by atoms with Crippen molar-refractivity contribution >= 4 is 11.0 Å². The van der Waals surface area contributed by atoms with Gasteiger partial charge in [-0.05, 0) is 18.6 Å². The van der Waals surface area contributed by atoms with Gasteiger partial charge in [-0.15, -0.1) is 0 Å². The molecule has 0 amide bonds. The van der Waals surface area contributed by atoms with Gasteiger partial charge in [0.2, 0.25) is 0 Å². The molecule has 0 fully saturated rings. The van der Waals surface area contributed by atoms with Gasteiger partial charge in [0.1, 0.15) is 17.4 Å². The molecule has 1 N–H and O–H groups in total. The number of aliphatic hydroxyl groups excluding tert-OH is 1. The number of fused-ring (bicyclic) bond motifs is 1. The normalized spacial score (nSPS) is 12.9. The fraction of sp³-hybridized carbons (Fsp3) is 0.312. The predicted octanol–water partition coefficient (Wildman–Crippen LogP) is 2.54. The van der Waals surface area contributed by atoms with Crippen LogP contribution in [0, 0.1) is 0 Å². The quantitative estimate of drug-likeness (QED) is 0.784. The molecule has 0 radical (unpaired) electrons. The van der Waals surface area contributed by atoms with Crippen LogP contribution in [-0.2, 0) is 13.1 Å². The zero-order valence-electron chi connectivity index (χ0n) is 11.9. The van der Waals surface area contributed by atoms with Crippen LogP contribution in [0.1, 0.15) is 25.2 Å². The molecule has 1 atom stereocenters. The van der Waals surface area contributed by atoms with Gasteiger partial charge in [-0.2, -0.15) is 0 Å². The molecular formula is C16H18N2O3. The van der Waals surface area contributed by atoms with Crippen molar-refractivity contribution in [3.8, 4) is 0 Å². The standard InChI is InChI=1S/C16H18N2O3/c1-2-7-17-8-9-18(16(17)20)11-13(19)15-10-12-5-3-4-6-14(12)21-15/h3-6,8-10,13,19H,2,7,11H2,1H3. The molecule has 0 aliphatic carbocycles. The maximum Gasteiger partial charge on any atom is 0.328 e. The molecule has 3 rings (SSSR count). The van der Waals surface area contributed by atoms with E-state index in [1.165, 1.54) is 4.57 Å². The molecule has 3 aromatic rings. The molecule has 1 aromatic carbocycles. The minimum absolute atomic E-state index is 0.105. The fourth-order valence-corrected chi connectivity index (χ4v) is 2.45. The first-order valence-corrected chi connectivity index (χ1v) is 7.11. The topological polar surface area (TPSA) is 60.3 Å². The second kappa shape index (κ2) is 5.61. The number of rotatable bonds is 5. The molecule has 0 saturated carbocycles. The van der Waals surface area contributed by atoms with Crippen LogP contribution >= 0.6 is 0 Å². The van der Waals surface area contributed by atoms with Gasteiger partial charge < -0.3 is 9.52 Å². The molecule has 5 heteroatoms. The summed E-state index contributed by atoms with van der Waals surface area (Å²) in [7, 11) is 0. The second-order valence-electron chi connectivity index (χ2n) is 5.13. The van der Waals surface area contributed by atoms with Crippen molar-refractivity contribution in [1.82, 2.24) is 9.13 Å². The third-order valence-corrected chi connectivity index (χ3v) is 3.53. The van der Waals surface area contributed by atoms with Crippen molar-refractivity contribution in [2.75, 3.05) is 0 Å². The Kier molecular flexibility index (Phi) is 3.66. The Bertz CT molecular complexity index is 764. The number of furan rings is 1. The van der Waals surface area contributed by atoms with E-state index >= 15 is 0 Å². The molecular weight excluding hydrogens is 268 g/mol. The lowest BCUT2D eigenvalue weighted by molar-refractivity contribution is 0.131. The summed E-state index contributed by atoms with van der Waals surface area (Å²) in [6.45, 7) is 2.90. The molecule has 1 unspecified atom stereocenters. The zero-order chi connectivity index (χ0) is 14.8. The molecule has 0 saturated heterocycles. The van der Waals surface area contributed by atoms with Crippen LogP contribution in [0.3, 0.4) is 0 Å². The van der Waals surface area contributed by atoms with E-state index in [0.29, 0.717) is 12.3 Å². The largest absolute Gasteiger partial charge is 0.458 e. The number of hydrogen-bond acceptors (Lipinski definition) is 3. The molecule has 0 aliphatic rings. The van der Waals surface area contributed by atoms with Crippen LogP contribution in [0.4, 0.5) is 0 Å². The number of para-hydroxylation sites is 1. The van der Waals surface area contributed by atoms with Gasteiger partial charge in [0, 0.05) is 24.3 Å². The lowest BCUT2D eigenvalue weighted by Gasteiger charge is -2.07. The zero-order valence-corrected chi connectivity index (χ0v) is 11.9. The van der Waals surface area contributed by atoms with E-state index < -0.39 is 6.10 Å². The summed E-state index contributed by atoms with van der Waals surface area (Å²) in [6.07, 6.45) is 3.50. The highest BCUT2D eigenvalue weighted by Crippen LogP contribution is 2.24. The first-order valence-electron chi connectivity index (χ1n) is 7.11. The van der Waals surface area contributed by atoms with Crippen molar-refractivity contribution in [1.29, 1.82) is 0 Å². The number of aliphatic hydroxyl groups is 1. The summed E-state index contributed by atoms with van der Waals surface area (Å²) < 4.78 is 8.78. The Hall–Kier alpha value is -2.27. The number of aromatic nitrogens is 2. The SMILES string of the molecule is CCCn1ccn(CC(O)c2cc3ccccc3o2)c1=O. The maximum absolute atomic E-state index is 12.1. The number of hydrogen-bond donors (Lipinski definition) is 1. The van der Waals surface area contributed by atoms with Crippen LogP contribution in [0.15, 0.2) is 51.9 Å². The molecule has 0 spiro atoms. The van der Waals surface area contributed by atoms with E-state index in [1.54, 1.807) is 17.0 Å². The van der Waals surface area contributed by atoms with Gasteiger partial charge in [-0.1, -0.05) is 25.1 Å². The monoisotopic (exact) mass is 286 g/mol. The Balaban J connectivity index is 1.82. The van der Waals surface area contributed by atoms with E-state index in [9.17, 15) is 9.90 Å². The lowest BCUT2D eigenvalue weighted by Crippen LogP contribution is -2.26. The molecule has 110 valence electrons. The van der Waals surface area contributed by atoms with Crippen molar-refractivity contribution in [2.24, 2.45) is 0 Å². The summed E-state index contributed by atoms with van der Waals surface area (Å²) in [4.78, 5) is 12.1. The summed E-state index contributed by atoms with van der Waals surface area (Å²) in [5.41, 5.74) is 0.634. The number of benzene rings is 1. The van der Waals surface area contributed by atoms with Crippen LogP contribution in [-0.4, -0.2) is 14.2 Å². The van der Waals surface area contributed by atoms with Crippen LogP contribution in [0.5, 0.6) is 0 Å². The smallest absolute Gasteiger partial charge is 0.328 e. The van der Waals surface area contributed by atoms with E-state index in [4.69, 9.17) is 4.42 Å². The Morgan fingerprint density at radius 2 is 2.00 bits per heavy atom. The third kappa shape index (κ3) is 2.64. The average molecular weight is 286 g/mol. The minimum Gasteiger partial charge on any atom is -0.458 e. The van der Waals surface area contributed by atoms with Gasteiger partial charge in [0.15, 0.2) is 0 Å². The molecule has 21 heavy (non-hydrogen) atoms. The third-order valence-electron chi connectivity index (χ3n) is 3.53. The summed E-state index contributed by atoms with van der Waals surface area (Å²) in [5.74, 6) is 0.478. The number of imidazole rings is 1. The molecule has 0 aliphatic heterocycles. The molecule has 2 heterocycles. The van der Waals surface area contributed by atoms with Crippen molar-refractivity contribution in [3.05, 3.63) is 59.0 Å². The number of aryl methyl sites for hydroxylation is 1. The van der Waals surface area contributed by atoms with E-state index in [-0.39, 0.29) is 12.2 Å². The first kappa shape index (κ1) is 13.7. The maximum atomic E-state index is 12.1. The summed E-state index contributed by atoms with van der Waals surface area (Å²) >= 11 is 0. The van der Waals surface area contributed by atoms with Gasteiger partial charge in [0.25, 0.3) is 0 Å². The van der Waals surface area contributed by atoms with Gasteiger partial charge in [-0.3, -0.25) is 9.13 Å². The highest BCUT2D eigenvalue weighted by atomic mass is 16.4. The molecule has 0 bridgehead atoms. The molecule has 2 aromatic heterocycles. The minimum atomic E-state index is -0.840. The van der Waals surface area contributed by atoms with Gasteiger partial charge >= 0.3 is 5.69 Å².